The minimum atomic E-state index is -0.0244. The monoisotopic (exact) mass is 183 g/mol. The van der Waals surface area contributed by atoms with Gasteiger partial charge in [0.2, 0.25) is 5.91 Å². The Bertz CT molecular complexity index is 223. The zero-order chi connectivity index (χ0) is 10.0. The van der Waals surface area contributed by atoms with E-state index < -0.39 is 0 Å². The van der Waals surface area contributed by atoms with Crippen molar-refractivity contribution in [1.29, 1.82) is 0 Å². The van der Waals surface area contributed by atoms with Crippen LogP contribution in [-0.2, 0) is 9.59 Å². The van der Waals surface area contributed by atoms with Crippen molar-refractivity contribution in [3.63, 3.8) is 0 Å². The molecule has 0 aromatic rings. The van der Waals surface area contributed by atoms with Gasteiger partial charge in [0.05, 0.1) is 0 Å². The lowest BCUT2D eigenvalue weighted by atomic mass is 9.87. The highest BCUT2D eigenvalue weighted by Crippen LogP contribution is 2.20. The molecule has 3 nitrogen and oxygen atoms in total. The van der Waals surface area contributed by atoms with Gasteiger partial charge in [-0.15, -0.1) is 0 Å². The topological polar surface area (TPSA) is 37.4 Å². The molecule has 1 rings (SSSR count). The second-order valence-corrected chi connectivity index (χ2v) is 4.06. The summed E-state index contributed by atoms with van der Waals surface area (Å²) in [7, 11) is 1.79. The maximum atomic E-state index is 11.6. The molecule has 1 heterocycles. The lowest BCUT2D eigenvalue weighted by molar-refractivity contribution is -0.139. The molecule has 13 heavy (non-hydrogen) atoms. The van der Waals surface area contributed by atoms with E-state index in [1.165, 1.54) is 0 Å². The van der Waals surface area contributed by atoms with Crippen LogP contribution in [0.2, 0.25) is 0 Å². The van der Waals surface area contributed by atoms with Crippen molar-refractivity contribution >= 4 is 11.7 Å². The van der Waals surface area contributed by atoms with Gasteiger partial charge in [0.15, 0.2) is 0 Å². The fourth-order valence-electron chi connectivity index (χ4n) is 1.66. The first kappa shape index (κ1) is 10.2. The number of hydrogen-bond acceptors (Lipinski definition) is 2. The Morgan fingerprint density at radius 1 is 1.54 bits per heavy atom. The summed E-state index contributed by atoms with van der Waals surface area (Å²) in [5, 5.41) is 0. The van der Waals surface area contributed by atoms with E-state index in [1.807, 2.05) is 13.8 Å². The van der Waals surface area contributed by atoms with Gasteiger partial charge in [0.1, 0.15) is 5.78 Å². The van der Waals surface area contributed by atoms with E-state index in [0.29, 0.717) is 6.42 Å². The number of carbonyl (C=O) groups excluding carboxylic acids is 2. The first-order valence-corrected chi connectivity index (χ1v) is 4.80. The standard InChI is InChI=1S/C10H17NO2/c1-7(2)10(13)8-4-5-11(3)9(12)6-8/h7-8H,4-6H2,1-3H3. The smallest absolute Gasteiger partial charge is 0.223 e. The zero-order valence-electron chi connectivity index (χ0n) is 8.54. The first-order valence-electron chi connectivity index (χ1n) is 4.80. The van der Waals surface area contributed by atoms with Crippen molar-refractivity contribution in [3.05, 3.63) is 0 Å². The van der Waals surface area contributed by atoms with Gasteiger partial charge in [-0.05, 0) is 6.42 Å². The molecule has 1 aliphatic heterocycles. The Hall–Kier alpha value is -0.860. The highest BCUT2D eigenvalue weighted by molar-refractivity contribution is 5.89. The fourth-order valence-corrected chi connectivity index (χ4v) is 1.66. The normalized spacial score (nSPS) is 23.8. The lowest BCUT2D eigenvalue weighted by Gasteiger charge is -2.28. The van der Waals surface area contributed by atoms with Crippen LogP contribution in [0.3, 0.4) is 0 Å². The third-order valence-electron chi connectivity index (χ3n) is 2.63. The molecule has 1 saturated heterocycles. The molecule has 0 radical (unpaired) electrons. The van der Waals surface area contributed by atoms with E-state index in [-0.39, 0.29) is 23.5 Å². The minimum absolute atomic E-state index is 0.0244. The summed E-state index contributed by atoms with van der Waals surface area (Å²) < 4.78 is 0. The largest absolute Gasteiger partial charge is 0.346 e. The summed E-state index contributed by atoms with van der Waals surface area (Å²) in [5.74, 6) is 0.372. The third kappa shape index (κ3) is 2.29. The number of amides is 1. The fraction of sp³-hybridized carbons (Fsp3) is 0.800. The average Bonchev–Trinajstić information content (AvgIpc) is 2.08. The van der Waals surface area contributed by atoms with E-state index >= 15 is 0 Å². The molecule has 0 saturated carbocycles. The van der Waals surface area contributed by atoms with Gasteiger partial charge in [-0.3, -0.25) is 9.59 Å². The third-order valence-corrected chi connectivity index (χ3v) is 2.63. The molecule has 0 aromatic carbocycles. The van der Waals surface area contributed by atoms with Crippen LogP contribution in [0.1, 0.15) is 26.7 Å². The SMILES string of the molecule is CC(C)C(=O)C1CCN(C)C(=O)C1. The van der Waals surface area contributed by atoms with Crippen LogP contribution in [-0.4, -0.2) is 30.2 Å². The predicted molar refractivity (Wildman–Crippen MR) is 50.2 cm³/mol. The summed E-state index contributed by atoms with van der Waals surface area (Å²) in [6.45, 7) is 4.51. The Morgan fingerprint density at radius 3 is 2.62 bits per heavy atom. The molecule has 74 valence electrons. The molecule has 0 aliphatic carbocycles. The van der Waals surface area contributed by atoms with Crippen molar-refractivity contribution in [1.82, 2.24) is 4.90 Å². The highest BCUT2D eigenvalue weighted by Gasteiger charge is 2.29. The van der Waals surface area contributed by atoms with Crippen LogP contribution in [0.25, 0.3) is 0 Å². The molecular formula is C10H17NO2. The molecule has 1 fully saturated rings. The van der Waals surface area contributed by atoms with E-state index in [1.54, 1.807) is 11.9 Å². The predicted octanol–water partition coefficient (Wildman–Crippen LogP) is 1.08. The average molecular weight is 183 g/mol. The van der Waals surface area contributed by atoms with E-state index in [0.717, 1.165) is 13.0 Å². The molecule has 0 N–H and O–H groups in total. The number of ketones is 1. The quantitative estimate of drug-likeness (QED) is 0.642. The van der Waals surface area contributed by atoms with Gasteiger partial charge in [-0.2, -0.15) is 0 Å². The summed E-state index contributed by atoms with van der Waals surface area (Å²) in [4.78, 5) is 24.6. The van der Waals surface area contributed by atoms with Gasteiger partial charge in [0.25, 0.3) is 0 Å². The Balaban J connectivity index is 2.55. The number of nitrogens with zero attached hydrogens (tertiary/aromatic N) is 1. The van der Waals surface area contributed by atoms with Crippen molar-refractivity contribution < 1.29 is 9.59 Å². The highest BCUT2D eigenvalue weighted by atomic mass is 16.2. The van der Waals surface area contributed by atoms with Crippen molar-refractivity contribution in [2.24, 2.45) is 11.8 Å². The Labute approximate surface area is 79.1 Å². The number of hydrogen-bond donors (Lipinski definition) is 0. The number of likely N-dealkylation sites (tertiary alicyclic amines) is 1. The second-order valence-electron chi connectivity index (χ2n) is 4.06. The van der Waals surface area contributed by atoms with Crippen LogP contribution < -0.4 is 0 Å². The van der Waals surface area contributed by atoms with Crippen LogP contribution in [0.5, 0.6) is 0 Å². The molecule has 1 aliphatic rings. The van der Waals surface area contributed by atoms with Crippen LogP contribution >= 0.6 is 0 Å². The van der Waals surface area contributed by atoms with Gasteiger partial charge in [-0.25, -0.2) is 0 Å². The molecule has 1 amide bonds. The number of piperidine rings is 1. The van der Waals surface area contributed by atoms with Gasteiger partial charge in [-0.1, -0.05) is 13.8 Å². The minimum Gasteiger partial charge on any atom is -0.346 e. The van der Waals surface area contributed by atoms with Crippen LogP contribution in [0.15, 0.2) is 0 Å². The summed E-state index contributed by atoms with van der Waals surface area (Å²) in [6, 6.07) is 0. The summed E-state index contributed by atoms with van der Waals surface area (Å²) >= 11 is 0. The second kappa shape index (κ2) is 3.90. The number of Topliss-reactive ketones (excluding diaryl/α,β-unsaturated/α-hetero) is 1. The Kier molecular flexibility index (Phi) is 3.07. The van der Waals surface area contributed by atoms with Crippen LogP contribution in [0.4, 0.5) is 0 Å². The van der Waals surface area contributed by atoms with Crippen molar-refractivity contribution in [3.8, 4) is 0 Å². The van der Waals surface area contributed by atoms with Crippen LogP contribution in [0, 0.1) is 11.8 Å². The van der Waals surface area contributed by atoms with Crippen molar-refractivity contribution in [2.75, 3.05) is 13.6 Å². The number of rotatable bonds is 2. The van der Waals surface area contributed by atoms with E-state index in [9.17, 15) is 9.59 Å². The van der Waals surface area contributed by atoms with Gasteiger partial charge in [0, 0.05) is 31.8 Å². The Morgan fingerprint density at radius 2 is 2.15 bits per heavy atom. The van der Waals surface area contributed by atoms with E-state index in [4.69, 9.17) is 0 Å². The summed E-state index contributed by atoms with van der Waals surface area (Å²) in [5.41, 5.74) is 0. The molecule has 0 aromatic heterocycles. The molecule has 0 spiro atoms. The first-order chi connectivity index (χ1) is 6.02. The van der Waals surface area contributed by atoms with E-state index in [2.05, 4.69) is 0 Å². The molecule has 1 atom stereocenters. The van der Waals surface area contributed by atoms with Gasteiger partial charge >= 0.3 is 0 Å². The van der Waals surface area contributed by atoms with Crippen molar-refractivity contribution in [2.45, 2.75) is 26.7 Å². The zero-order valence-corrected chi connectivity index (χ0v) is 8.54. The number of carbonyl (C=O) groups is 2. The summed E-state index contributed by atoms with van der Waals surface area (Å²) in [6.07, 6.45) is 1.24. The lowest BCUT2D eigenvalue weighted by Crippen LogP contribution is -2.39. The molecule has 1 unspecified atom stereocenters. The molecule has 0 bridgehead atoms. The maximum absolute atomic E-state index is 11.6. The maximum Gasteiger partial charge on any atom is 0.223 e. The molecule has 3 heteroatoms. The molecular weight excluding hydrogens is 166 g/mol. The van der Waals surface area contributed by atoms with Gasteiger partial charge < -0.3 is 4.90 Å².